The highest BCUT2D eigenvalue weighted by molar-refractivity contribution is 6.33. The Morgan fingerprint density at radius 2 is 1.75 bits per heavy atom. The first-order valence-electron chi connectivity index (χ1n) is 12.7. The topological polar surface area (TPSA) is 112 Å². The van der Waals surface area contributed by atoms with Crippen molar-refractivity contribution in [2.75, 3.05) is 18.4 Å². The van der Waals surface area contributed by atoms with Gasteiger partial charge in [0.05, 0.1) is 29.2 Å². The van der Waals surface area contributed by atoms with E-state index in [9.17, 15) is 9.59 Å². The number of benzene rings is 1. The lowest BCUT2D eigenvalue weighted by atomic mass is 9.89. The Morgan fingerprint density at radius 1 is 1.03 bits per heavy atom. The van der Waals surface area contributed by atoms with E-state index in [0.717, 1.165) is 54.8 Å². The van der Waals surface area contributed by atoms with Gasteiger partial charge in [-0.1, -0.05) is 49.1 Å². The van der Waals surface area contributed by atoms with Crippen LogP contribution in [0.3, 0.4) is 0 Å². The van der Waals surface area contributed by atoms with E-state index < -0.39 is 11.9 Å². The SMILES string of the molecule is Clc1ccc2c(c1NCc1ccc(/C=C\C3CCCCC3)nc1)CCNCC2.O=C(O)CCC(=O)O. The van der Waals surface area contributed by atoms with Gasteiger partial charge in [-0.15, -0.1) is 0 Å². The number of pyridine rings is 1. The standard InChI is InChI=1S/C24H30ClN3.C4H6O4/c25-23-11-8-20-12-14-26-15-13-22(20)24(23)28-17-19-7-10-21(27-16-19)9-6-18-4-2-1-3-5-18;5-3(6)1-2-4(7)8/h6-11,16,18,26,28H,1-5,12-15,17H2;1-2H2,(H,5,6)(H,7,8)/b9-6-;. The second-order valence-electron chi connectivity index (χ2n) is 9.30. The molecule has 0 atom stereocenters. The summed E-state index contributed by atoms with van der Waals surface area (Å²) in [5, 5.41) is 23.6. The van der Waals surface area contributed by atoms with Crippen molar-refractivity contribution in [1.82, 2.24) is 10.3 Å². The van der Waals surface area contributed by atoms with E-state index in [4.69, 9.17) is 21.8 Å². The molecule has 1 aliphatic carbocycles. The van der Waals surface area contributed by atoms with E-state index in [0.29, 0.717) is 0 Å². The summed E-state index contributed by atoms with van der Waals surface area (Å²) in [4.78, 5) is 23.9. The summed E-state index contributed by atoms with van der Waals surface area (Å²) in [5.74, 6) is -1.42. The average molecular weight is 514 g/mol. The van der Waals surface area contributed by atoms with Crippen molar-refractivity contribution in [2.45, 2.75) is 64.3 Å². The van der Waals surface area contributed by atoms with Crippen LogP contribution in [-0.2, 0) is 29.0 Å². The molecule has 4 rings (SSSR count). The third-order valence-electron chi connectivity index (χ3n) is 6.54. The van der Waals surface area contributed by atoms with Crippen LogP contribution in [0.4, 0.5) is 5.69 Å². The number of carbonyl (C=O) groups is 2. The fraction of sp³-hybridized carbons (Fsp3) is 0.464. The van der Waals surface area contributed by atoms with Gasteiger partial charge in [0.2, 0.25) is 0 Å². The smallest absolute Gasteiger partial charge is 0.303 e. The number of nitrogens with one attached hydrogen (secondary N) is 2. The first-order valence-corrected chi connectivity index (χ1v) is 13.1. The highest BCUT2D eigenvalue weighted by Gasteiger charge is 2.15. The first-order chi connectivity index (χ1) is 17.4. The molecule has 1 aliphatic heterocycles. The number of allylic oxidation sites excluding steroid dienone is 1. The van der Waals surface area contributed by atoms with E-state index in [1.807, 2.05) is 12.3 Å². The number of hydrogen-bond acceptors (Lipinski definition) is 5. The lowest BCUT2D eigenvalue weighted by molar-refractivity contribution is -0.143. The molecule has 8 heteroatoms. The molecule has 2 aliphatic rings. The first kappa shape index (κ1) is 27.7. The number of hydrogen-bond donors (Lipinski definition) is 4. The molecule has 1 aromatic heterocycles. The summed E-state index contributed by atoms with van der Waals surface area (Å²) in [7, 11) is 0. The maximum Gasteiger partial charge on any atom is 0.303 e. The third-order valence-corrected chi connectivity index (χ3v) is 6.86. The number of nitrogens with zero attached hydrogens (tertiary/aromatic N) is 1. The van der Waals surface area contributed by atoms with Crippen molar-refractivity contribution in [3.05, 3.63) is 63.9 Å². The van der Waals surface area contributed by atoms with Gasteiger partial charge in [0, 0.05) is 12.7 Å². The lowest BCUT2D eigenvalue weighted by Gasteiger charge is -2.17. The van der Waals surface area contributed by atoms with E-state index in [1.54, 1.807) is 0 Å². The van der Waals surface area contributed by atoms with Crippen LogP contribution in [0, 0.1) is 5.92 Å². The summed E-state index contributed by atoms with van der Waals surface area (Å²) >= 11 is 6.51. The number of carboxylic acids is 2. The predicted octanol–water partition coefficient (Wildman–Crippen LogP) is 5.56. The molecule has 0 bridgehead atoms. The monoisotopic (exact) mass is 513 g/mol. The summed E-state index contributed by atoms with van der Waals surface area (Å²) in [6, 6.07) is 8.47. The largest absolute Gasteiger partial charge is 0.481 e. The number of carboxylic acid groups (broad SMARTS) is 2. The molecule has 36 heavy (non-hydrogen) atoms. The number of anilines is 1. The Labute approximate surface area is 218 Å². The van der Waals surface area contributed by atoms with Gasteiger partial charge in [-0.2, -0.15) is 0 Å². The Morgan fingerprint density at radius 3 is 2.42 bits per heavy atom. The molecular weight excluding hydrogens is 478 g/mol. The Hall–Kier alpha value is -2.90. The molecule has 1 fully saturated rings. The number of halogens is 1. The molecule has 0 spiro atoms. The van der Waals surface area contributed by atoms with Crippen LogP contribution in [0.1, 0.15) is 67.3 Å². The minimum Gasteiger partial charge on any atom is -0.481 e. The zero-order valence-electron chi connectivity index (χ0n) is 20.6. The zero-order chi connectivity index (χ0) is 25.8. The molecule has 2 heterocycles. The van der Waals surface area contributed by atoms with Crippen LogP contribution >= 0.6 is 11.6 Å². The van der Waals surface area contributed by atoms with Crippen molar-refractivity contribution < 1.29 is 19.8 Å². The van der Waals surface area contributed by atoms with Crippen molar-refractivity contribution in [3.63, 3.8) is 0 Å². The maximum absolute atomic E-state index is 9.64. The van der Waals surface area contributed by atoms with Crippen LogP contribution in [-0.4, -0.2) is 40.2 Å². The summed E-state index contributed by atoms with van der Waals surface area (Å²) in [6.45, 7) is 2.78. The number of rotatable bonds is 8. The third kappa shape index (κ3) is 9.28. The van der Waals surface area contributed by atoms with Gasteiger partial charge in [-0.05, 0) is 79.6 Å². The molecular formula is C28H36ClN3O4. The quantitative estimate of drug-likeness (QED) is 0.365. The molecule has 0 radical (unpaired) electrons. The molecule has 1 saturated carbocycles. The summed E-state index contributed by atoms with van der Waals surface area (Å²) in [5.41, 5.74) is 6.07. The van der Waals surface area contributed by atoms with Crippen molar-refractivity contribution in [3.8, 4) is 0 Å². The van der Waals surface area contributed by atoms with Gasteiger partial charge in [-0.25, -0.2) is 0 Å². The van der Waals surface area contributed by atoms with E-state index >= 15 is 0 Å². The fourth-order valence-corrected chi connectivity index (χ4v) is 4.78. The second kappa shape index (κ2) is 14.6. The van der Waals surface area contributed by atoms with Gasteiger partial charge >= 0.3 is 11.9 Å². The molecule has 2 aromatic rings. The Bertz CT molecular complexity index is 1020. The Balaban J connectivity index is 0.000000392. The average Bonchev–Trinajstić information content (AvgIpc) is 3.13. The van der Waals surface area contributed by atoms with E-state index in [-0.39, 0.29) is 12.8 Å². The van der Waals surface area contributed by atoms with Crippen LogP contribution in [0.2, 0.25) is 5.02 Å². The molecule has 0 saturated heterocycles. The summed E-state index contributed by atoms with van der Waals surface area (Å²) in [6.07, 6.45) is 14.8. The van der Waals surface area contributed by atoms with Crippen molar-refractivity contribution >= 4 is 35.3 Å². The van der Waals surface area contributed by atoms with E-state index in [2.05, 4.69) is 46.0 Å². The highest BCUT2D eigenvalue weighted by atomic mass is 35.5. The normalized spacial score (nSPS) is 15.9. The molecule has 0 amide bonds. The Kier molecular flexibility index (Phi) is 11.2. The second-order valence-corrected chi connectivity index (χ2v) is 9.71. The van der Waals surface area contributed by atoms with E-state index in [1.165, 1.54) is 48.8 Å². The number of aromatic nitrogens is 1. The van der Waals surface area contributed by atoms with Gasteiger partial charge < -0.3 is 20.8 Å². The van der Waals surface area contributed by atoms with Crippen LogP contribution in [0.25, 0.3) is 6.08 Å². The lowest BCUT2D eigenvalue weighted by Crippen LogP contribution is -2.16. The summed E-state index contributed by atoms with van der Waals surface area (Å²) < 4.78 is 0. The number of aliphatic carboxylic acids is 2. The van der Waals surface area contributed by atoms with Crippen LogP contribution < -0.4 is 10.6 Å². The van der Waals surface area contributed by atoms with Gasteiger partial charge in [0.15, 0.2) is 0 Å². The van der Waals surface area contributed by atoms with Crippen LogP contribution in [0.15, 0.2) is 36.5 Å². The maximum atomic E-state index is 9.64. The molecule has 194 valence electrons. The molecule has 4 N–H and O–H groups in total. The van der Waals surface area contributed by atoms with Crippen molar-refractivity contribution in [2.24, 2.45) is 5.92 Å². The number of fused-ring (bicyclic) bond motifs is 1. The van der Waals surface area contributed by atoms with Gasteiger partial charge in [0.25, 0.3) is 0 Å². The minimum atomic E-state index is -1.08. The fourth-order valence-electron chi connectivity index (χ4n) is 4.54. The van der Waals surface area contributed by atoms with Crippen LogP contribution in [0.5, 0.6) is 0 Å². The van der Waals surface area contributed by atoms with Crippen molar-refractivity contribution in [1.29, 1.82) is 0 Å². The highest BCUT2D eigenvalue weighted by Crippen LogP contribution is 2.31. The van der Waals surface area contributed by atoms with Gasteiger partial charge in [-0.3, -0.25) is 14.6 Å². The molecule has 7 nitrogen and oxygen atoms in total. The predicted molar refractivity (Wildman–Crippen MR) is 143 cm³/mol. The van der Waals surface area contributed by atoms with Gasteiger partial charge in [0.1, 0.15) is 0 Å². The zero-order valence-corrected chi connectivity index (χ0v) is 21.4. The molecule has 0 unspecified atom stereocenters. The minimum absolute atomic E-state index is 0.296. The molecule has 1 aromatic carbocycles.